The number of anilines is 1. The van der Waals surface area contributed by atoms with E-state index in [9.17, 15) is 9.18 Å². The van der Waals surface area contributed by atoms with Gasteiger partial charge in [0.1, 0.15) is 11.6 Å². The average molecular weight is 483 g/mol. The molecule has 0 aliphatic heterocycles. The third-order valence-electron chi connectivity index (χ3n) is 4.78. The number of benzene rings is 2. The maximum atomic E-state index is 14.5. The van der Waals surface area contributed by atoms with Gasteiger partial charge in [-0.1, -0.05) is 42.5 Å². The number of nitrogens with zero attached hydrogens (tertiary/aromatic N) is 3. The first-order chi connectivity index (χ1) is 15.1. The van der Waals surface area contributed by atoms with Crippen molar-refractivity contribution in [1.82, 2.24) is 14.6 Å². The van der Waals surface area contributed by atoms with Gasteiger partial charge in [-0.2, -0.15) is 9.61 Å². The van der Waals surface area contributed by atoms with E-state index in [0.717, 1.165) is 5.56 Å². The molecular weight excluding hydrogens is 463 g/mol. The van der Waals surface area contributed by atoms with Crippen LogP contribution in [-0.4, -0.2) is 27.2 Å². The molecule has 0 saturated carbocycles. The van der Waals surface area contributed by atoms with Crippen molar-refractivity contribution in [3.63, 3.8) is 0 Å². The second-order valence-electron chi connectivity index (χ2n) is 6.85. The Morgan fingerprint density at radius 3 is 2.68 bits per heavy atom. The van der Waals surface area contributed by atoms with Gasteiger partial charge in [-0.05, 0) is 40.5 Å². The first-order valence-electron chi connectivity index (χ1n) is 9.83. The van der Waals surface area contributed by atoms with Crippen LogP contribution >= 0.6 is 15.9 Å². The highest BCUT2D eigenvalue weighted by atomic mass is 79.9. The molecule has 0 saturated heterocycles. The Kier molecular flexibility index (Phi) is 6.27. The summed E-state index contributed by atoms with van der Waals surface area (Å²) >= 11 is 3.46. The zero-order valence-corrected chi connectivity index (χ0v) is 18.3. The van der Waals surface area contributed by atoms with Gasteiger partial charge >= 0.3 is 5.97 Å². The number of rotatable bonds is 7. The van der Waals surface area contributed by atoms with Gasteiger partial charge in [-0.25, -0.2) is 9.37 Å². The molecule has 2 aromatic carbocycles. The molecule has 2 heterocycles. The van der Waals surface area contributed by atoms with Crippen molar-refractivity contribution in [2.75, 3.05) is 11.9 Å². The topological polar surface area (TPSA) is 68.5 Å². The summed E-state index contributed by atoms with van der Waals surface area (Å²) in [5.41, 5.74) is 2.28. The van der Waals surface area contributed by atoms with E-state index in [-0.39, 0.29) is 24.2 Å². The number of carbonyl (C=O) groups excluding carboxylic acids is 1. The summed E-state index contributed by atoms with van der Waals surface area (Å²) in [5, 5.41) is 7.76. The van der Waals surface area contributed by atoms with E-state index in [0.29, 0.717) is 33.8 Å². The summed E-state index contributed by atoms with van der Waals surface area (Å²) in [7, 11) is 0. The molecule has 0 spiro atoms. The Labute approximate surface area is 187 Å². The number of hydrogen-bond donors (Lipinski definition) is 1. The van der Waals surface area contributed by atoms with Crippen molar-refractivity contribution in [1.29, 1.82) is 0 Å². The van der Waals surface area contributed by atoms with Gasteiger partial charge in [0, 0.05) is 11.6 Å². The van der Waals surface area contributed by atoms with Crippen LogP contribution in [0, 0.1) is 5.82 Å². The molecule has 0 radical (unpaired) electrons. The van der Waals surface area contributed by atoms with E-state index in [1.807, 2.05) is 30.3 Å². The van der Waals surface area contributed by atoms with Crippen molar-refractivity contribution in [2.45, 2.75) is 19.4 Å². The van der Waals surface area contributed by atoms with E-state index in [2.05, 4.69) is 31.3 Å². The molecule has 2 aromatic heterocycles. The number of carbonyl (C=O) groups is 1. The van der Waals surface area contributed by atoms with Crippen LogP contribution < -0.4 is 5.32 Å². The molecule has 1 unspecified atom stereocenters. The molecule has 1 N–H and O–H groups in total. The fraction of sp³-hybridized carbons (Fsp3) is 0.174. The quantitative estimate of drug-likeness (QED) is 0.357. The summed E-state index contributed by atoms with van der Waals surface area (Å²) in [5.74, 6) is -0.107. The van der Waals surface area contributed by atoms with Gasteiger partial charge in [0.2, 0.25) is 0 Å². The second-order valence-corrected chi connectivity index (χ2v) is 7.71. The molecular formula is C23H20BrFN4O2. The number of hydrogen-bond acceptors (Lipinski definition) is 5. The van der Waals surface area contributed by atoms with Crippen LogP contribution in [0.25, 0.3) is 16.9 Å². The Balaban J connectivity index is 1.79. The molecule has 0 bridgehead atoms. The van der Waals surface area contributed by atoms with E-state index in [1.165, 1.54) is 6.07 Å². The van der Waals surface area contributed by atoms with Crippen molar-refractivity contribution in [3.8, 4) is 11.3 Å². The van der Waals surface area contributed by atoms with Crippen LogP contribution in [0.15, 0.2) is 71.3 Å². The fourth-order valence-corrected chi connectivity index (χ4v) is 3.70. The number of ether oxygens (including phenoxy) is 1. The highest BCUT2D eigenvalue weighted by molar-refractivity contribution is 9.10. The standard InChI is InChI=1S/C23H20BrFN4O2/c1-2-31-22(30)13-19(15-8-4-3-5-9-15)27-21-12-20(16-10-6-7-11-18(16)25)28-23-17(24)14-26-29(21)23/h3-12,14,19,27H,2,13H2,1H3. The Morgan fingerprint density at radius 1 is 1.19 bits per heavy atom. The summed E-state index contributed by atoms with van der Waals surface area (Å²) in [4.78, 5) is 16.8. The van der Waals surface area contributed by atoms with E-state index >= 15 is 0 Å². The summed E-state index contributed by atoms with van der Waals surface area (Å²) in [6.45, 7) is 2.08. The van der Waals surface area contributed by atoms with Crippen LogP contribution in [-0.2, 0) is 9.53 Å². The van der Waals surface area contributed by atoms with Crippen LogP contribution in [0.1, 0.15) is 24.9 Å². The van der Waals surface area contributed by atoms with E-state index < -0.39 is 0 Å². The molecule has 31 heavy (non-hydrogen) atoms. The van der Waals surface area contributed by atoms with E-state index in [1.54, 1.807) is 41.9 Å². The SMILES string of the molecule is CCOC(=O)CC(Nc1cc(-c2ccccc2F)nc2c(Br)cnn12)c1ccccc1. The highest BCUT2D eigenvalue weighted by Gasteiger charge is 2.20. The van der Waals surface area contributed by atoms with Crippen molar-refractivity contribution < 1.29 is 13.9 Å². The van der Waals surface area contributed by atoms with Crippen LogP contribution in [0.5, 0.6) is 0 Å². The minimum absolute atomic E-state index is 0.124. The van der Waals surface area contributed by atoms with Gasteiger partial charge in [0.15, 0.2) is 5.65 Å². The van der Waals surface area contributed by atoms with E-state index in [4.69, 9.17) is 4.74 Å². The van der Waals surface area contributed by atoms with Gasteiger partial charge in [-0.15, -0.1) is 0 Å². The summed E-state index contributed by atoms with van der Waals surface area (Å²) in [6, 6.07) is 17.4. The summed E-state index contributed by atoms with van der Waals surface area (Å²) < 4.78 is 21.9. The van der Waals surface area contributed by atoms with Gasteiger partial charge in [0.25, 0.3) is 0 Å². The molecule has 8 heteroatoms. The van der Waals surface area contributed by atoms with Crippen molar-refractivity contribution in [3.05, 3.63) is 82.7 Å². The van der Waals surface area contributed by atoms with Gasteiger partial charge in [0.05, 0.1) is 35.4 Å². The molecule has 0 aliphatic carbocycles. The molecule has 0 amide bonds. The first-order valence-corrected chi connectivity index (χ1v) is 10.6. The third kappa shape index (κ3) is 4.59. The average Bonchev–Trinajstić information content (AvgIpc) is 3.15. The highest BCUT2D eigenvalue weighted by Crippen LogP contribution is 2.30. The second kappa shape index (κ2) is 9.26. The third-order valence-corrected chi connectivity index (χ3v) is 5.34. The lowest BCUT2D eigenvalue weighted by Gasteiger charge is -2.21. The predicted octanol–water partition coefficient (Wildman–Crippen LogP) is 5.40. The number of esters is 1. The fourth-order valence-electron chi connectivity index (χ4n) is 3.35. The first kappa shape index (κ1) is 21.0. The zero-order chi connectivity index (χ0) is 21.8. The smallest absolute Gasteiger partial charge is 0.308 e. The maximum Gasteiger partial charge on any atom is 0.308 e. The number of aromatic nitrogens is 3. The molecule has 4 aromatic rings. The molecule has 0 aliphatic rings. The lowest BCUT2D eigenvalue weighted by Crippen LogP contribution is -2.19. The minimum atomic E-state index is -0.373. The number of halogens is 2. The number of nitrogens with one attached hydrogen (secondary N) is 1. The molecule has 6 nitrogen and oxygen atoms in total. The lowest BCUT2D eigenvalue weighted by molar-refractivity contribution is -0.143. The number of fused-ring (bicyclic) bond motifs is 1. The van der Waals surface area contributed by atoms with Crippen molar-refractivity contribution in [2.24, 2.45) is 0 Å². The monoisotopic (exact) mass is 482 g/mol. The van der Waals surface area contributed by atoms with Crippen LogP contribution in [0.2, 0.25) is 0 Å². The Bertz CT molecular complexity index is 1210. The normalized spacial score (nSPS) is 12.0. The Hall–Kier alpha value is -3.26. The molecule has 4 rings (SSSR count). The Morgan fingerprint density at radius 2 is 1.94 bits per heavy atom. The molecule has 158 valence electrons. The zero-order valence-electron chi connectivity index (χ0n) is 16.8. The van der Waals surface area contributed by atoms with Crippen LogP contribution in [0.4, 0.5) is 10.2 Å². The van der Waals surface area contributed by atoms with Gasteiger partial charge < -0.3 is 10.1 Å². The predicted molar refractivity (Wildman–Crippen MR) is 120 cm³/mol. The summed E-state index contributed by atoms with van der Waals surface area (Å²) in [6.07, 6.45) is 1.75. The minimum Gasteiger partial charge on any atom is -0.466 e. The molecule has 1 atom stereocenters. The lowest BCUT2D eigenvalue weighted by atomic mass is 10.0. The molecule has 0 fully saturated rings. The van der Waals surface area contributed by atoms with Crippen LogP contribution in [0.3, 0.4) is 0 Å². The maximum absolute atomic E-state index is 14.5. The van der Waals surface area contributed by atoms with Gasteiger partial charge in [-0.3, -0.25) is 4.79 Å². The van der Waals surface area contributed by atoms with Crippen molar-refractivity contribution >= 4 is 33.4 Å². The largest absolute Gasteiger partial charge is 0.466 e.